The second-order valence-corrected chi connectivity index (χ2v) is 6.63. The first-order chi connectivity index (χ1) is 7.17. The number of carbonyl (C=O) groups is 1. The minimum atomic E-state index is -4.38. The maximum Gasteiger partial charge on any atom is 0.339 e. The molecule has 1 saturated heterocycles. The SMILES string of the molecule is COC(=O)C1OS(=O)(=O)CS(=O)(=O)OC1C. The van der Waals surface area contributed by atoms with Crippen LogP contribution in [0.2, 0.25) is 0 Å². The van der Waals surface area contributed by atoms with Gasteiger partial charge in [-0.1, -0.05) is 0 Å². The first-order valence-electron chi connectivity index (χ1n) is 4.06. The Morgan fingerprint density at radius 3 is 2.19 bits per heavy atom. The fraction of sp³-hybridized carbons (Fsp3) is 0.833. The molecule has 1 aliphatic rings. The minimum absolute atomic E-state index is 1.02. The zero-order chi connectivity index (χ0) is 12.6. The highest BCUT2D eigenvalue weighted by atomic mass is 32.3. The molecule has 0 radical (unpaired) electrons. The number of rotatable bonds is 1. The van der Waals surface area contributed by atoms with E-state index in [-0.39, 0.29) is 0 Å². The molecular weight excluding hydrogens is 264 g/mol. The number of hydrogen-bond acceptors (Lipinski definition) is 8. The molecule has 1 aliphatic heterocycles. The molecule has 0 amide bonds. The van der Waals surface area contributed by atoms with Gasteiger partial charge in [-0.2, -0.15) is 16.8 Å². The van der Waals surface area contributed by atoms with Gasteiger partial charge < -0.3 is 4.74 Å². The second-order valence-electron chi connectivity index (χ2n) is 3.07. The van der Waals surface area contributed by atoms with E-state index in [9.17, 15) is 21.6 Å². The van der Waals surface area contributed by atoms with Crippen LogP contribution >= 0.6 is 0 Å². The second kappa shape index (κ2) is 4.28. The van der Waals surface area contributed by atoms with Gasteiger partial charge in [0.25, 0.3) is 20.2 Å². The lowest BCUT2D eigenvalue weighted by molar-refractivity contribution is -0.152. The summed E-state index contributed by atoms with van der Waals surface area (Å²) in [6.07, 6.45) is -2.89. The van der Waals surface area contributed by atoms with Gasteiger partial charge in [0.1, 0.15) is 6.10 Å². The average Bonchev–Trinajstić information content (AvgIpc) is 2.17. The first-order valence-corrected chi connectivity index (χ1v) is 7.22. The lowest BCUT2D eigenvalue weighted by atomic mass is 10.2. The molecule has 2 atom stereocenters. The minimum Gasteiger partial charge on any atom is -0.467 e. The Kier molecular flexibility index (Phi) is 3.57. The molecule has 0 N–H and O–H groups in total. The maximum atomic E-state index is 11.2. The van der Waals surface area contributed by atoms with Crippen molar-refractivity contribution in [3.8, 4) is 0 Å². The van der Waals surface area contributed by atoms with E-state index in [4.69, 9.17) is 0 Å². The highest BCUT2D eigenvalue weighted by Crippen LogP contribution is 2.19. The predicted molar refractivity (Wildman–Crippen MR) is 50.1 cm³/mol. The van der Waals surface area contributed by atoms with Crippen LogP contribution in [0.3, 0.4) is 0 Å². The highest BCUT2D eigenvalue weighted by molar-refractivity contribution is 8.03. The number of ether oxygens (including phenoxy) is 1. The van der Waals surface area contributed by atoms with Crippen LogP contribution in [0.4, 0.5) is 0 Å². The van der Waals surface area contributed by atoms with Gasteiger partial charge in [0.15, 0.2) is 0 Å². The molecule has 0 aromatic heterocycles. The average molecular weight is 274 g/mol. The van der Waals surface area contributed by atoms with E-state index in [0.717, 1.165) is 7.11 Å². The van der Waals surface area contributed by atoms with Gasteiger partial charge >= 0.3 is 5.97 Å². The van der Waals surface area contributed by atoms with E-state index in [2.05, 4.69) is 13.1 Å². The fourth-order valence-electron chi connectivity index (χ4n) is 1.10. The third-order valence-electron chi connectivity index (χ3n) is 1.70. The Bertz CT molecular complexity index is 475. The zero-order valence-electron chi connectivity index (χ0n) is 8.44. The maximum absolute atomic E-state index is 11.2. The van der Waals surface area contributed by atoms with Crippen LogP contribution in [-0.4, -0.2) is 47.2 Å². The molecule has 0 aliphatic carbocycles. The van der Waals surface area contributed by atoms with Gasteiger partial charge in [-0.3, -0.25) is 8.37 Å². The summed E-state index contributed by atoms with van der Waals surface area (Å²) in [5, 5.41) is -1.32. The van der Waals surface area contributed by atoms with Crippen molar-refractivity contribution in [3.63, 3.8) is 0 Å². The Labute approximate surface area is 92.7 Å². The molecule has 10 heteroatoms. The number of carbonyl (C=O) groups excluding carboxylic acids is 1. The topological polar surface area (TPSA) is 113 Å². The smallest absolute Gasteiger partial charge is 0.339 e. The normalized spacial score (nSPS) is 32.6. The summed E-state index contributed by atoms with van der Waals surface area (Å²) in [4.78, 5) is 11.1. The van der Waals surface area contributed by atoms with Gasteiger partial charge in [0.2, 0.25) is 11.2 Å². The van der Waals surface area contributed by atoms with Crippen molar-refractivity contribution in [1.82, 2.24) is 0 Å². The van der Waals surface area contributed by atoms with Gasteiger partial charge in [-0.15, -0.1) is 0 Å². The van der Waals surface area contributed by atoms with Crippen molar-refractivity contribution in [3.05, 3.63) is 0 Å². The van der Waals surface area contributed by atoms with Crippen LogP contribution < -0.4 is 0 Å². The molecule has 1 rings (SSSR count). The van der Waals surface area contributed by atoms with Gasteiger partial charge in [-0.25, -0.2) is 4.79 Å². The molecule has 0 spiro atoms. The van der Waals surface area contributed by atoms with Gasteiger partial charge in [0.05, 0.1) is 7.11 Å². The molecule has 0 aromatic carbocycles. The van der Waals surface area contributed by atoms with Crippen molar-refractivity contribution in [2.24, 2.45) is 0 Å². The summed E-state index contributed by atoms with van der Waals surface area (Å²) in [5.74, 6) is -1.02. The summed E-state index contributed by atoms with van der Waals surface area (Å²) in [6.45, 7) is 1.19. The van der Waals surface area contributed by atoms with E-state index in [1.54, 1.807) is 0 Å². The van der Waals surface area contributed by atoms with E-state index in [1.807, 2.05) is 0 Å². The van der Waals surface area contributed by atoms with Crippen molar-refractivity contribution in [1.29, 1.82) is 0 Å². The Hall–Kier alpha value is -0.710. The summed E-state index contributed by atoms with van der Waals surface area (Å²) >= 11 is 0. The lowest BCUT2D eigenvalue weighted by Gasteiger charge is -2.15. The van der Waals surface area contributed by atoms with E-state index in [1.165, 1.54) is 6.92 Å². The Balaban J connectivity index is 3.12. The van der Waals surface area contributed by atoms with Crippen molar-refractivity contribution in [2.75, 3.05) is 12.2 Å². The standard InChI is InChI=1S/C6H10O8S2/c1-4-5(6(7)12-2)14-16(10,11)3-15(8,9)13-4/h4-5H,3H2,1-2H3. The summed E-state index contributed by atoms with van der Waals surface area (Å²) in [5.41, 5.74) is 0. The molecule has 2 unspecified atom stereocenters. The van der Waals surface area contributed by atoms with E-state index >= 15 is 0 Å². The van der Waals surface area contributed by atoms with Crippen molar-refractivity contribution >= 4 is 26.2 Å². The monoisotopic (exact) mass is 274 g/mol. The molecule has 1 heterocycles. The highest BCUT2D eigenvalue weighted by Gasteiger charge is 2.41. The van der Waals surface area contributed by atoms with Crippen LogP contribution in [0.5, 0.6) is 0 Å². The zero-order valence-corrected chi connectivity index (χ0v) is 10.1. The summed E-state index contributed by atoms with van der Waals surface area (Å²) < 4.78 is 57.7. The van der Waals surface area contributed by atoms with Crippen molar-refractivity contribution < 1.29 is 34.7 Å². The Morgan fingerprint density at radius 1 is 1.19 bits per heavy atom. The van der Waals surface area contributed by atoms with Crippen LogP contribution in [0.15, 0.2) is 0 Å². The number of hydrogen-bond donors (Lipinski definition) is 0. The molecule has 94 valence electrons. The first kappa shape index (κ1) is 13.4. The van der Waals surface area contributed by atoms with Gasteiger partial charge in [-0.05, 0) is 6.92 Å². The number of esters is 1. The summed E-state index contributed by atoms with van der Waals surface area (Å²) in [6, 6.07) is 0. The van der Waals surface area contributed by atoms with Crippen LogP contribution in [-0.2, 0) is 38.1 Å². The molecular formula is C6H10O8S2. The van der Waals surface area contributed by atoms with Crippen LogP contribution in [0.1, 0.15) is 6.92 Å². The lowest BCUT2D eigenvalue weighted by Crippen LogP contribution is -2.37. The molecule has 8 nitrogen and oxygen atoms in total. The quantitative estimate of drug-likeness (QED) is 0.423. The van der Waals surface area contributed by atoms with E-state index < -0.39 is 43.5 Å². The molecule has 0 saturated carbocycles. The third kappa shape index (κ3) is 3.14. The molecule has 16 heavy (non-hydrogen) atoms. The number of methoxy groups -OCH3 is 1. The summed E-state index contributed by atoms with van der Waals surface area (Å²) in [7, 11) is -7.63. The van der Waals surface area contributed by atoms with Gasteiger partial charge in [0, 0.05) is 0 Å². The molecule has 0 bridgehead atoms. The third-order valence-corrected chi connectivity index (χ3v) is 5.10. The molecule has 0 aromatic rings. The van der Waals surface area contributed by atoms with E-state index in [0.29, 0.717) is 0 Å². The largest absolute Gasteiger partial charge is 0.467 e. The predicted octanol–water partition coefficient (Wildman–Crippen LogP) is -1.42. The Morgan fingerprint density at radius 2 is 1.69 bits per heavy atom. The molecule has 1 fully saturated rings. The van der Waals surface area contributed by atoms with Crippen LogP contribution in [0, 0.1) is 0 Å². The van der Waals surface area contributed by atoms with Crippen LogP contribution in [0.25, 0.3) is 0 Å². The van der Waals surface area contributed by atoms with Crippen molar-refractivity contribution in [2.45, 2.75) is 19.1 Å². The fourth-order valence-corrected chi connectivity index (χ4v) is 4.07.